The van der Waals surface area contributed by atoms with Crippen molar-refractivity contribution < 1.29 is 40.6 Å². The van der Waals surface area contributed by atoms with Gasteiger partial charge < -0.3 is 9.47 Å². The fraction of sp³-hybridized carbons (Fsp3) is 0.455. The predicted molar refractivity (Wildman–Crippen MR) is 56.2 cm³/mol. The molecule has 0 aliphatic carbocycles. The van der Waals surface area contributed by atoms with Gasteiger partial charge in [0.25, 0.3) is 6.43 Å². The van der Waals surface area contributed by atoms with Crippen molar-refractivity contribution in [3.63, 3.8) is 0 Å². The van der Waals surface area contributed by atoms with Crippen LogP contribution in [0.15, 0.2) is 6.07 Å². The van der Waals surface area contributed by atoms with Gasteiger partial charge in [0.15, 0.2) is 0 Å². The maximum Gasteiger partial charge on any atom is 0.574 e. The molecule has 0 saturated heterocycles. The van der Waals surface area contributed by atoms with Crippen molar-refractivity contribution in [3.05, 3.63) is 23.1 Å². The van der Waals surface area contributed by atoms with E-state index in [1.165, 1.54) is 6.92 Å². The standard InChI is InChI=1S/C11H9F6NO3/c1-2-20-7(19)4-5-3-6(12)18-10(8(5)9(13)14)21-11(15,16)17/h3,9H,2,4H2,1H3. The highest BCUT2D eigenvalue weighted by molar-refractivity contribution is 5.73. The van der Waals surface area contributed by atoms with E-state index >= 15 is 0 Å². The number of carbonyl (C=O) groups excluding carboxylic acids is 1. The molecular formula is C11H9F6NO3. The predicted octanol–water partition coefficient (Wildman–Crippen LogP) is 3.16. The Balaban J connectivity index is 3.25. The highest BCUT2D eigenvalue weighted by Crippen LogP contribution is 2.34. The van der Waals surface area contributed by atoms with Crippen molar-refractivity contribution in [1.29, 1.82) is 0 Å². The second kappa shape index (κ2) is 6.64. The third-order valence-corrected chi connectivity index (χ3v) is 2.15. The molecule has 0 spiro atoms. The lowest BCUT2D eigenvalue weighted by Gasteiger charge is -2.15. The van der Waals surface area contributed by atoms with E-state index in [0.717, 1.165) is 0 Å². The highest BCUT2D eigenvalue weighted by Gasteiger charge is 2.35. The molecule has 0 aliphatic heterocycles. The molecule has 1 aromatic rings. The lowest BCUT2D eigenvalue weighted by atomic mass is 10.1. The van der Waals surface area contributed by atoms with Gasteiger partial charge in [-0.1, -0.05) is 0 Å². The molecule has 4 nitrogen and oxygen atoms in total. The summed E-state index contributed by atoms with van der Waals surface area (Å²) in [6, 6.07) is 0.432. The van der Waals surface area contributed by atoms with Crippen LogP contribution < -0.4 is 4.74 Å². The van der Waals surface area contributed by atoms with Crippen LogP contribution in [0.1, 0.15) is 24.5 Å². The van der Waals surface area contributed by atoms with Gasteiger partial charge in [0.2, 0.25) is 11.8 Å². The summed E-state index contributed by atoms with van der Waals surface area (Å²) in [5.41, 5.74) is -1.99. The number of alkyl halides is 5. The molecule has 1 rings (SSSR count). The summed E-state index contributed by atoms with van der Waals surface area (Å²) in [7, 11) is 0. The lowest BCUT2D eigenvalue weighted by molar-refractivity contribution is -0.276. The largest absolute Gasteiger partial charge is 0.574 e. The van der Waals surface area contributed by atoms with Gasteiger partial charge in [0.1, 0.15) is 0 Å². The first kappa shape index (κ1) is 17.1. The second-order valence-corrected chi connectivity index (χ2v) is 3.65. The SMILES string of the molecule is CCOC(=O)Cc1cc(F)nc(OC(F)(F)F)c1C(F)F. The summed E-state index contributed by atoms with van der Waals surface area (Å²) in [6.45, 7) is 1.37. The van der Waals surface area contributed by atoms with E-state index in [0.29, 0.717) is 6.07 Å². The molecule has 0 fully saturated rings. The molecule has 10 heteroatoms. The molecule has 0 aliphatic rings. The van der Waals surface area contributed by atoms with Crippen LogP contribution in [0.25, 0.3) is 0 Å². The average molecular weight is 317 g/mol. The molecule has 0 amide bonds. The fourth-order valence-electron chi connectivity index (χ4n) is 1.48. The molecule has 0 saturated carbocycles. The average Bonchev–Trinajstić information content (AvgIpc) is 2.24. The number of pyridine rings is 1. The second-order valence-electron chi connectivity index (χ2n) is 3.65. The number of halogens is 6. The molecule has 0 aromatic carbocycles. The van der Waals surface area contributed by atoms with E-state index in [9.17, 15) is 31.1 Å². The Morgan fingerprint density at radius 2 is 2.00 bits per heavy atom. The zero-order chi connectivity index (χ0) is 16.2. The van der Waals surface area contributed by atoms with E-state index < -0.39 is 48.1 Å². The number of esters is 1. The maximum absolute atomic E-state index is 13.1. The Morgan fingerprint density at radius 3 is 2.48 bits per heavy atom. The van der Waals surface area contributed by atoms with Gasteiger partial charge in [0, 0.05) is 0 Å². The van der Waals surface area contributed by atoms with Crippen molar-refractivity contribution in [2.75, 3.05) is 6.61 Å². The van der Waals surface area contributed by atoms with E-state index in [4.69, 9.17) is 0 Å². The molecule has 0 atom stereocenters. The van der Waals surface area contributed by atoms with Crippen LogP contribution in [0.3, 0.4) is 0 Å². The summed E-state index contributed by atoms with van der Waals surface area (Å²) >= 11 is 0. The van der Waals surface area contributed by atoms with Crippen molar-refractivity contribution in [2.45, 2.75) is 26.1 Å². The molecule has 0 unspecified atom stereocenters. The maximum atomic E-state index is 13.1. The molecule has 1 aromatic heterocycles. The van der Waals surface area contributed by atoms with E-state index in [2.05, 4.69) is 14.5 Å². The first-order valence-electron chi connectivity index (χ1n) is 5.52. The lowest BCUT2D eigenvalue weighted by Crippen LogP contribution is -2.21. The first-order chi connectivity index (χ1) is 9.64. The highest BCUT2D eigenvalue weighted by atomic mass is 19.4. The molecule has 1 heterocycles. The van der Waals surface area contributed by atoms with Gasteiger partial charge in [0.05, 0.1) is 18.6 Å². The Morgan fingerprint density at radius 1 is 1.38 bits per heavy atom. The van der Waals surface area contributed by atoms with Gasteiger partial charge in [-0.25, -0.2) is 8.78 Å². The third kappa shape index (κ3) is 5.12. The van der Waals surface area contributed by atoms with Crippen molar-refractivity contribution >= 4 is 5.97 Å². The summed E-state index contributed by atoms with van der Waals surface area (Å²) < 4.78 is 82.9. The summed E-state index contributed by atoms with van der Waals surface area (Å²) in [5, 5.41) is 0. The third-order valence-electron chi connectivity index (χ3n) is 2.15. The summed E-state index contributed by atoms with van der Waals surface area (Å²) in [6.07, 6.45) is -9.60. The van der Waals surface area contributed by atoms with Crippen LogP contribution in [-0.4, -0.2) is 23.9 Å². The van der Waals surface area contributed by atoms with E-state index in [1.54, 1.807) is 0 Å². The number of hydrogen-bond acceptors (Lipinski definition) is 4. The van der Waals surface area contributed by atoms with Crippen molar-refractivity contribution in [3.8, 4) is 5.88 Å². The number of carbonyl (C=O) groups is 1. The molecule has 0 radical (unpaired) electrons. The minimum absolute atomic E-state index is 0.0671. The number of aromatic nitrogens is 1. The topological polar surface area (TPSA) is 48.4 Å². The van der Waals surface area contributed by atoms with Crippen LogP contribution in [0.2, 0.25) is 0 Å². The van der Waals surface area contributed by atoms with Gasteiger partial charge >= 0.3 is 12.3 Å². The number of hydrogen-bond donors (Lipinski definition) is 0. The van der Waals surface area contributed by atoms with Crippen LogP contribution in [-0.2, 0) is 16.0 Å². The van der Waals surface area contributed by atoms with Crippen LogP contribution >= 0.6 is 0 Å². The van der Waals surface area contributed by atoms with Gasteiger partial charge in [-0.2, -0.15) is 9.37 Å². The zero-order valence-electron chi connectivity index (χ0n) is 10.5. The zero-order valence-corrected chi connectivity index (χ0v) is 10.5. The summed E-state index contributed by atoms with van der Waals surface area (Å²) in [4.78, 5) is 13.9. The van der Waals surface area contributed by atoms with Crippen LogP contribution in [0, 0.1) is 5.95 Å². The first-order valence-corrected chi connectivity index (χ1v) is 5.52. The van der Waals surface area contributed by atoms with Gasteiger partial charge in [-0.15, -0.1) is 13.2 Å². The Hall–Kier alpha value is -2.00. The molecule has 0 N–H and O–H groups in total. The van der Waals surface area contributed by atoms with E-state index in [1.807, 2.05) is 0 Å². The number of rotatable bonds is 5. The number of ether oxygens (including phenoxy) is 2. The molecule has 118 valence electrons. The van der Waals surface area contributed by atoms with Gasteiger partial charge in [-0.3, -0.25) is 4.79 Å². The van der Waals surface area contributed by atoms with Crippen LogP contribution in [0.5, 0.6) is 5.88 Å². The van der Waals surface area contributed by atoms with Crippen molar-refractivity contribution in [1.82, 2.24) is 4.98 Å². The Bertz CT molecular complexity index is 517. The molecule has 21 heavy (non-hydrogen) atoms. The quantitative estimate of drug-likeness (QED) is 0.475. The normalized spacial score (nSPS) is 11.6. The minimum atomic E-state index is -5.33. The van der Waals surface area contributed by atoms with Crippen molar-refractivity contribution in [2.24, 2.45) is 0 Å². The minimum Gasteiger partial charge on any atom is -0.466 e. The number of nitrogens with zero attached hydrogens (tertiary/aromatic N) is 1. The molecular weight excluding hydrogens is 308 g/mol. The smallest absolute Gasteiger partial charge is 0.466 e. The summed E-state index contributed by atoms with van der Waals surface area (Å²) in [5.74, 6) is -4.11. The van der Waals surface area contributed by atoms with E-state index in [-0.39, 0.29) is 6.61 Å². The Labute approximate surface area is 114 Å². The monoisotopic (exact) mass is 317 g/mol. The Kier molecular flexibility index (Phi) is 5.39. The molecule has 0 bridgehead atoms. The van der Waals surface area contributed by atoms with Gasteiger partial charge in [-0.05, 0) is 18.6 Å². The fourth-order valence-corrected chi connectivity index (χ4v) is 1.48. The van der Waals surface area contributed by atoms with Crippen LogP contribution in [0.4, 0.5) is 26.3 Å².